The summed E-state index contributed by atoms with van der Waals surface area (Å²) < 4.78 is 5.36. The van der Waals surface area contributed by atoms with E-state index < -0.39 is 0 Å². The van der Waals surface area contributed by atoms with Crippen molar-refractivity contribution in [3.8, 4) is 0 Å². The van der Waals surface area contributed by atoms with Crippen molar-refractivity contribution in [3.05, 3.63) is 89.1 Å². The van der Waals surface area contributed by atoms with Gasteiger partial charge in [-0.05, 0) is 30.9 Å². The molecule has 0 bridgehead atoms. The van der Waals surface area contributed by atoms with E-state index in [0.29, 0.717) is 18.8 Å². The van der Waals surface area contributed by atoms with E-state index in [1.54, 1.807) is 4.90 Å². The number of amides is 1. The number of aromatic amines is 1. The molecule has 1 aromatic heterocycles. The molecule has 1 N–H and O–H groups in total. The van der Waals surface area contributed by atoms with E-state index in [1.807, 2.05) is 43.3 Å². The predicted octanol–water partition coefficient (Wildman–Crippen LogP) is 4.54. The predicted molar refractivity (Wildman–Crippen MR) is 110 cm³/mol. The summed E-state index contributed by atoms with van der Waals surface area (Å²) >= 11 is 0. The van der Waals surface area contributed by atoms with Crippen molar-refractivity contribution in [2.24, 2.45) is 0 Å². The number of nitrogens with one attached hydrogen (secondary N) is 1. The Morgan fingerprint density at radius 1 is 1.14 bits per heavy atom. The van der Waals surface area contributed by atoms with Gasteiger partial charge in [-0.1, -0.05) is 72.8 Å². The van der Waals surface area contributed by atoms with Gasteiger partial charge in [-0.15, -0.1) is 0 Å². The number of hydrogen-bond donors (Lipinski definition) is 1. The van der Waals surface area contributed by atoms with Gasteiger partial charge in [-0.25, -0.2) is 4.79 Å². The number of hydrogen-bond acceptors (Lipinski definition) is 3. The van der Waals surface area contributed by atoms with E-state index in [9.17, 15) is 4.79 Å². The van der Waals surface area contributed by atoms with Crippen molar-refractivity contribution in [3.63, 3.8) is 0 Å². The fraction of sp³-hybridized carbons (Fsp3) is 0.217. The molecule has 0 aliphatic carbocycles. The van der Waals surface area contributed by atoms with Crippen LogP contribution in [0.2, 0.25) is 0 Å². The summed E-state index contributed by atoms with van der Waals surface area (Å²) in [6, 6.07) is 20.3. The Kier molecular flexibility index (Phi) is 5.24. The van der Waals surface area contributed by atoms with Crippen LogP contribution in [-0.4, -0.2) is 28.9 Å². The minimum Gasteiger partial charge on any atom is -0.447 e. The number of ether oxygens (including phenoxy) is 1. The van der Waals surface area contributed by atoms with Crippen LogP contribution in [0.5, 0.6) is 0 Å². The first kappa shape index (κ1) is 18.0. The maximum Gasteiger partial charge on any atom is 0.416 e. The lowest BCUT2D eigenvalue weighted by Gasteiger charge is -2.20. The average molecular weight is 373 g/mol. The van der Waals surface area contributed by atoms with Crippen LogP contribution >= 0.6 is 0 Å². The molecule has 4 rings (SSSR count). The van der Waals surface area contributed by atoms with Crippen molar-refractivity contribution in [2.75, 3.05) is 11.5 Å². The molecule has 1 aliphatic rings. The van der Waals surface area contributed by atoms with Gasteiger partial charge in [0, 0.05) is 11.3 Å². The maximum atomic E-state index is 12.5. The van der Waals surface area contributed by atoms with Crippen molar-refractivity contribution >= 4 is 18.0 Å². The van der Waals surface area contributed by atoms with Gasteiger partial charge in [-0.3, -0.25) is 10.00 Å². The van der Waals surface area contributed by atoms with Gasteiger partial charge in [0.1, 0.15) is 6.61 Å². The maximum absolute atomic E-state index is 12.5. The third-order valence-corrected chi connectivity index (χ3v) is 4.99. The summed E-state index contributed by atoms with van der Waals surface area (Å²) in [4.78, 5) is 14.2. The summed E-state index contributed by atoms with van der Waals surface area (Å²) in [7, 11) is 0. The van der Waals surface area contributed by atoms with Crippen molar-refractivity contribution in [2.45, 2.75) is 25.8 Å². The van der Waals surface area contributed by atoms with Gasteiger partial charge < -0.3 is 4.74 Å². The largest absolute Gasteiger partial charge is 0.447 e. The lowest BCUT2D eigenvalue weighted by atomic mass is 10.0. The number of nitrogens with zero attached hydrogens (tertiary/aromatic N) is 2. The van der Waals surface area contributed by atoms with E-state index in [1.165, 1.54) is 5.56 Å². The van der Waals surface area contributed by atoms with Crippen LogP contribution in [0.15, 0.2) is 66.7 Å². The van der Waals surface area contributed by atoms with Crippen LogP contribution in [-0.2, 0) is 17.6 Å². The fourth-order valence-corrected chi connectivity index (χ4v) is 3.52. The molecule has 3 aromatic rings. The number of rotatable bonds is 6. The highest BCUT2D eigenvalue weighted by Gasteiger charge is 2.37. The van der Waals surface area contributed by atoms with Crippen LogP contribution < -0.4 is 4.90 Å². The Labute approximate surface area is 164 Å². The molecule has 1 amide bonds. The van der Waals surface area contributed by atoms with Gasteiger partial charge >= 0.3 is 6.09 Å². The number of carbonyl (C=O) groups is 1. The molecule has 1 aliphatic heterocycles. The standard InChI is InChI=1S/C23H23N3O2/c1-17-21(14-8-13-18-9-4-2-5-10-18)22(25-24-17)26-20(16-28-23(26)27)15-19-11-6-3-7-12-19/h2-13,20H,14-16H2,1H3,(H,24,25)/b13-8+/t20-/m0/s1. The fourth-order valence-electron chi connectivity index (χ4n) is 3.52. The number of aromatic nitrogens is 2. The van der Waals surface area contributed by atoms with Crippen molar-refractivity contribution in [1.29, 1.82) is 0 Å². The highest BCUT2D eigenvalue weighted by atomic mass is 16.6. The average Bonchev–Trinajstić information content (AvgIpc) is 3.26. The quantitative estimate of drug-likeness (QED) is 0.690. The summed E-state index contributed by atoms with van der Waals surface area (Å²) in [6.07, 6.45) is 5.27. The van der Waals surface area contributed by atoms with Gasteiger partial charge in [-0.2, -0.15) is 5.10 Å². The Morgan fingerprint density at radius 3 is 2.61 bits per heavy atom. The first-order chi connectivity index (χ1) is 13.7. The highest BCUT2D eigenvalue weighted by molar-refractivity contribution is 5.90. The summed E-state index contributed by atoms with van der Waals surface area (Å²) in [5.41, 5.74) is 4.30. The molecule has 142 valence electrons. The van der Waals surface area contributed by atoms with Gasteiger partial charge in [0.2, 0.25) is 0 Å². The monoisotopic (exact) mass is 373 g/mol. The second-order valence-electron chi connectivity index (χ2n) is 6.96. The Morgan fingerprint density at radius 2 is 1.86 bits per heavy atom. The van der Waals surface area contributed by atoms with E-state index in [0.717, 1.165) is 23.2 Å². The molecule has 1 atom stereocenters. The third-order valence-electron chi connectivity index (χ3n) is 4.99. The van der Waals surface area contributed by atoms with Crippen molar-refractivity contribution in [1.82, 2.24) is 10.2 Å². The Hall–Kier alpha value is -3.34. The van der Waals surface area contributed by atoms with Crippen LogP contribution in [0.1, 0.15) is 22.4 Å². The van der Waals surface area contributed by atoms with E-state index in [2.05, 4.69) is 46.6 Å². The van der Waals surface area contributed by atoms with Gasteiger partial charge in [0.05, 0.1) is 6.04 Å². The zero-order valence-electron chi connectivity index (χ0n) is 15.8. The first-order valence-electron chi connectivity index (χ1n) is 9.47. The van der Waals surface area contributed by atoms with Gasteiger partial charge in [0.25, 0.3) is 0 Å². The SMILES string of the molecule is Cc1[nH]nc(N2C(=O)OC[C@@H]2Cc2ccccc2)c1C/C=C/c1ccccc1. The zero-order valence-corrected chi connectivity index (χ0v) is 15.8. The molecule has 1 fully saturated rings. The number of anilines is 1. The molecule has 0 radical (unpaired) electrons. The first-order valence-corrected chi connectivity index (χ1v) is 9.47. The highest BCUT2D eigenvalue weighted by Crippen LogP contribution is 2.29. The van der Waals surface area contributed by atoms with E-state index >= 15 is 0 Å². The molecule has 2 heterocycles. The Balaban J connectivity index is 1.56. The molecule has 2 aromatic carbocycles. The number of cyclic esters (lactones) is 1. The van der Waals surface area contributed by atoms with E-state index in [-0.39, 0.29) is 12.1 Å². The minimum atomic E-state index is -0.333. The molecule has 0 saturated carbocycles. The number of carbonyl (C=O) groups excluding carboxylic acids is 1. The summed E-state index contributed by atoms with van der Waals surface area (Å²) in [5.74, 6) is 0.665. The summed E-state index contributed by atoms with van der Waals surface area (Å²) in [6.45, 7) is 2.36. The number of aryl methyl sites for hydroxylation is 1. The van der Waals surface area contributed by atoms with Crippen LogP contribution in [0.25, 0.3) is 6.08 Å². The second-order valence-corrected chi connectivity index (χ2v) is 6.96. The normalized spacial score (nSPS) is 16.7. The van der Waals surface area contributed by atoms with Crippen LogP contribution in [0.4, 0.5) is 10.6 Å². The van der Waals surface area contributed by atoms with Crippen LogP contribution in [0, 0.1) is 6.92 Å². The zero-order chi connectivity index (χ0) is 19.3. The Bertz CT molecular complexity index is 964. The smallest absolute Gasteiger partial charge is 0.416 e. The van der Waals surface area contributed by atoms with E-state index in [4.69, 9.17) is 4.74 Å². The third kappa shape index (κ3) is 3.83. The lowest BCUT2D eigenvalue weighted by Crippen LogP contribution is -2.36. The number of allylic oxidation sites excluding steroid dienone is 1. The molecular formula is C23H23N3O2. The van der Waals surface area contributed by atoms with Crippen molar-refractivity contribution < 1.29 is 9.53 Å². The molecule has 28 heavy (non-hydrogen) atoms. The van der Waals surface area contributed by atoms with Crippen LogP contribution in [0.3, 0.4) is 0 Å². The number of H-pyrrole nitrogens is 1. The second kappa shape index (κ2) is 8.13. The molecule has 5 nitrogen and oxygen atoms in total. The molecule has 0 unspecified atom stereocenters. The van der Waals surface area contributed by atoms with Gasteiger partial charge in [0.15, 0.2) is 5.82 Å². The topological polar surface area (TPSA) is 58.2 Å². The lowest BCUT2D eigenvalue weighted by molar-refractivity contribution is 0.178. The molecule has 1 saturated heterocycles. The number of benzene rings is 2. The molecule has 5 heteroatoms. The molecular weight excluding hydrogens is 350 g/mol. The summed E-state index contributed by atoms with van der Waals surface area (Å²) in [5, 5.41) is 7.47. The molecule has 0 spiro atoms. The minimum absolute atomic E-state index is 0.0607.